The smallest absolute Gasteiger partial charge is 0.410 e. The van der Waals surface area contributed by atoms with Crippen LogP contribution in [0.1, 0.15) is 45.3 Å². The van der Waals surface area contributed by atoms with Crippen LogP contribution >= 0.6 is 0 Å². The van der Waals surface area contributed by atoms with Crippen LogP contribution in [-0.2, 0) is 36.8 Å². The lowest BCUT2D eigenvalue weighted by Gasteiger charge is -2.36. The zero-order chi connectivity index (χ0) is 31.6. The Labute approximate surface area is 254 Å². The Hall–Kier alpha value is -4.53. The van der Waals surface area contributed by atoms with E-state index in [0.717, 1.165) is 22.6 Å². The van der Waals surface area contributed by atoms with E-state index in [1.165, 1.54) is 12.0 Å². The topological polar surface area (TPSA) is 165 Å². The maximum absolute atomic E-state index is 13.7. The average Bonchev–Trinajstić information content (AvgIpc) is 3.67. The van der Waals surface area contributed by atoms with Gasteiger partial charge >= 0.3 is 23.9 Å². The number of aromatic nitrogens is 2. The van der Waals surface area contributed by atoms with Crippen LogP contribution in [0.15, 0.2) is 28.8 Å². The van der Waals surface area contributed by atoms with Crippen LogP contribution in [0.25, 0.3) is 0 Å². The minimum absolute atomic E-state index is 0.0186. The lowest BCUT2D eigenvalue weighted by atomic mass is 10.2. The van der Waals surface area contributed by atoms with E-state index >= 15 is 0 Å². The average molecular weight is 613 g/mol. The predicted octanol–water partition coefficient (Wildman–Crippen LogP) is 1.99. The highest BCUT2D eigenvalue weighted by Gasteiger charge is 2.46. The van der Waals surface area contributed by atoms with Gasteiger partial charge in [0, 0.05) is 13.1 Å². The molecule has 2 aliphatic heterocycles. The Bertz CT molecular complexity index is 1430. The van der Waals surface area contributed by atoms with Gasteiger partial charge in [-0.15, -0.1) is 0 Å². The number of para-hydroxylation sites is 2. The van der Waals surface area contributed by atoms with Crippen molar-refractivity contribution in [2.24, 2.45) is 5.92 Å². The van der Waals surface area contributed by atoms with Gasteiger partial charge in [0.05, 0.1) is 45.0 Å². The van der Waals surface area contributed by atoms with Gasteiger partial charge in [-0.05, 0) is 51.7 Å². The van der Waals surface area contributed by atoms with Gasteiger partial charge in [-0.3, -0.25) is 19.3 Å². The molecule has 1 aromatic heterocycles. The van der Waals surface area contributed by atoms with Crippen molar-refractivity contribution in [3.8, 4) is 5.75 Å². The molecule has 3 fully saturated rings. The van der Waals surface area contributed by atoms with Crippen molar-refractivity contribution in [1.29, 1.82) is 0 Å². The normalized spacial score (nSPS) is 19.0. The maximum atomic E-state index is 13.7. The van der Waals surface area contributed by atoms with Gasteiger partial charge in [0.2, 0.25) is 11.8 Å². The number of benzene rings is 1. The number of hydrogen-bond donors (Lipinski definition) is 0. The van der Waals surface area contributed by atoms with Gasteiger partial charge in [0.1, 0.15) is 17.9 Å². The number of imide groups is 2. The van der Waals surface area contributed by atoms with Crippen molar-refractivity contribution in [3.63, 3.8) is 0 Å². The number of nitrogens with zero attached hydrogens (tertiary/aromatic N) is 6. The zero-order valence-electron chi connectivity index (χ0n) is 25.2. The number of carbonyl (C=O) groups is 5. The second-order valence-corrected chi connectivity index (χ2v) is 11.9. The minimum atomic E-state index is -0.957. The van der Waals surface area contributed by atoms with Crippen LogP contribution in [-0.4, -0.2) is 106 Å². The Balaban J connectivity index is 1.28. The third-order valence-corrected chi connectivity index (χ3v) is 7.24. The fourth-order valence-corrected chi connectivity index (χ4v) is 4.91. The first-order valence-corrected chi connectivity index (χ1v) is 14.4. The fraction of sp³-hybridized carbons (Fsp3) is 0.552. The Morgan fingerprint density at radius 3 is 2.52 bits per heavy atom. The lowest BCUT2D eigenvalue weighted by Crippen LogP contribution is -2.52. The van der Waals surface area contributed by atoms with Crippen molar-refractivity contribution in [3.05, 3.63) is 36.0 Å². The van der Waals surface area contributed by atoms with E-state index in [-0.39, 0.29) is 50.3 Å². The number of rotatable bonds is 10. The summed E-state index contributed by atoms with van der Waals surface area (Å²) >= 11 is 0. The zero-order valence-corrected chi connectivity index (χ0v) is 25.2. The largest absolute Gasteiger partial charge is 0.495 e. The summed E-state index contributed by atoms with van der Waals surface area (Å²) in [6.07, 6.45) is 0.528. The number of ether oxygens (including phenoxy) is 3. The highest BCUT2D eigenvalue weighted by molar-refractivity contribution is 6.44. The van der Waals surface area contributed by atoms with E-state index in [2.05, 4.69) is 10.1 Å². The number of morpholine rings is 1. The molecule has 236 valence electrons. The highest BCUT2D eigenvalue weighted by atomic mass is 16.6. The summed E-state index contributed by atoms with van der Waals surface area (Å²) in [6, 6.07) is 6.25. The summed E-state index contributed by atoms with van der Waals surface area (Å²) in [6.45, 7) is 6.09. The van der Waals surface area contributed by atoms with E-state index in [9.17, 15) is 24.0 Å². The molecule has 1 saturated carbocycles. The second kappa shape index (κ2) is 12.6. The number of anilines is 1. The summed E-state index contributed by atoms with van der Waals surface area (Å²) < 4.78 is 22.2. The molecular weight excluding hydrogens is 576 g/mol. The monoisotopic (exact) mass is 612 g/mol. The van der Waals surface area contributed by atoms with Crippen LogP contribution in [0, 0.1) is 5.92 Å². The number of amides is 6. The Morgan fingerprint density at radius 2 is 1.82 bits per heavy atom. The molecule has 0 bridgehead atoms. The molecule has 0 radical (unpaired) electrons. The summed E-state index contributed by atoms with van der Waals surface area (Å²) in [5.74, 6) is -1.66. The summed E-state index contributed by atoms with van der Waals surface area (Å²) in [5.41, 5.74) is -0.182. The molecule has 44 heavy (non-hydrogen) atoms. The molecule has 0 N–H and O–H groups in total. The first kappa shape index (κ1) is 30.9. The molecule has 3 aliphatic rings. The summed E-state index contributed by atoms with van der Waals surface area (Å²) in [4.78, 5) is 72.9. The third kappa shape index (κ3) is 7.15. The molecule has 15 nitrogen and oxygen atoms in total. The molecule has 5 rings (SSSR count). The van der Waals surface area contributed by atoms with Gasteiger partial charge in [0.15, 0.2) is 5.82 Å². The Kier molecular flexibility index (Phi) is 8.85. The number of hydrogen-bond acceptors (Lipinski definition) is 11. The van der Waals surface area contributed by atoms with E-state index in [1.807, 2.05) is 0 Å². The summed E-state index contributed by atoms with van der Waals surface area (Å²) in [7, 11) is 1.49. The first-order chi connectivity index (χ1) is 20.9. The number of methoxy groups -OCH3 is 1. The van der Waals surface area contributed by atoms with Crippen LogP contribution in [0.4, 0.5) is 15.3 Å². The fourth-order valence-electron chi connectivity index (χ4n) is 4.91. The van der Waals surface area contributed by atoms with Gasteiger partial charge in [-0.25, -0.2) is 14.5 Å². The molecule has 15 heteroatoms. The molecule has 1 aromatic carbocycles. The van der Waals surface area contributed by atoms with Gasteiger partial charge in [-0.2, -0.15) is 4.98 Å². The molecule has 6 amide bonds. The third-order valence-electron chi connectivity index (χ3n) is 7.24. The highest BCUT2D eigenvalue weighted by Crippen LogP contribution is 2.32. The van der Waals surface area contributed by atoms with Crippen molar-refractivity contribution in [2.45, 2.75) is 58.3 Å². The van der Waals surface area contributed by atoms with E-state index in [4.69, 9.17) is 18.7 Å². The first-order valence-electron chi connectivity index (χ1n) is 14.4. The SMILES string of the molecule is COc1ccccc1N(C[C@@H]1CN(C(=O)OC(C)(C)C)CCO1)C(=O)Cc1noc(CN2C(=O)C(=O)N(CC3CC3)C2=O)n1. The van der Waals surface area contributed by atoms with Crippen LogP contribution in [0.2, 0.25) is 0 Å². The van der Waals surface area contributed by atoms with Gasteiger partial charge in [-0.1, -0.05) is 17.3 Å². The molecular formula is C29H36N6O9. The van der Waals surface area contributed by atoms with E-state index in [0.29, 0.717) is 18.0 Å². The molecule has 2 saturated heterocycles. The number of carbonyl (C=O) groups excluding carboxylic acids is 5. The second-order valence-electron chi connectivity index (χ2n) is 11.9. The van der Waals surface area contributed by atoms with E-state index in [1.54, 1.807) is 49.9 Å². The van der Waals surface area contributed by atoms with Crippen LogP contribution in [0.5, 0.6) is 5.75 Å². The minimum Gasteiger partial charge on any atom is -0.495 e. The molecule has 0 unspecified atom stereocenters. The van der Waals surface area contributed by atoms with E-state index < -0.39 is 48.1 Å². The standard InChI is InChI=1S/C29H36N6O9/c1-29(2,3)43-28(40)32-11-12-42-19(15-32)16-33(20-7-5-6-8-21(20)41-4)24(36)13-22-30-23(44-31-22)17-35-26(38)25(37)34(27(35)39)14-18-9-10-18/h5-8,18-19H,9-17H2,1-4H3/t19-/m0/s1. The molecule has 2 aromatic rings. The Morgan fingerprint density at radius 1 is 1.09 bits per heavy atom. The van der Waals surface area contributed by atoms with Crippen LogP contribution < -0.4 is 9.64 Å². The van der Waals surface area contributed by atoms with Gasteiger partial charge < -0.3 is 28.5 Å². The van der Waals surface area contributed by atoms with Crippen molar-refractivity contribution < 1.29 is 42.7 Å². The number of urea groups is 1. The molecule has 0 spiro atoms. The quantitative estimate of drug-likeness (QED) is 0.285. The maximum Gasteiger partial charge on any atom is 0.410 e. The molecule has 1 aliphatic carbocycles. The van der Waals surface area contributed by atoms with Crippen molar-refractivity contribution >= 4 is 35.5 Å². The lowest BCUT2D eigenvalue weighted by molar-refractivity contribution is -0.143. The predicted molar refractivity (Wildman–Crippen MR) is 151 cm³/mol. The van der Waals surface area contributed by atoms with Crippen LogP contribution in [0.3, 0.4) is 0 Å². The van der Waals surface area contributed by atoms with Crippen molar-refractivity contribution in [1.82, 2.24) is 24.8 Å². The molecule has 1 atom stereocenters. The summed E-state index contributed by atoms with van der Waals surface area (Å²) in [5, 5.41) is 3.87. The molecule has 3 heterocycles. The van der Waals surface area contributed by atoms with Crippen molar-refractivity contribution in [2.75, 3.05) is 44.8 Å². The van der Waals surface area contributed by atoms with Gasteiger partial charge in [0.25, 0.3) is 0 Å².